The minimum atomic E-state index is 0.512. The Morgan fingerprint density at radius 1 is 1.60 bits per heavy atom. The van der Waals surface area contributed by atoms with E-state index in [2.05, 4.69) is 28.3 Å². The summed E-state index contributed by atoms with van der Waals surface area (Å²) < 4.78 is 2.12. The number of aromatic amines is 1. The molecule has 0 aliphatic carbocycles. The lowest BCUT2D eigenvalue weighted by Gasteiger charge is -1.93. The maximum Gasteiger partial charge on any atom is 0.216 e. The summed E-state index contributed by atoms with van der Waals surface area (Å²) >= 11 is 6.69. The molecule has 0 saturated carbocycles. The van der Waals surface area contributed by atoms with Crippen molar-refractivity contribution >= 4 is 29.8 Å². The second-order valence-corrected chi connectivity index (χ2v) is 4.43. The number of nitrogens with one attached hydrogen (secondary N) is 1. The Morgan fingerprint density at radius 2 is 2.40 bits per heavy atom. The highest BCUT2D eigenvalue weighted by molar-refractivity contribution is 7.71. The minimum Gasteiger partial charge on any atom is -0.250 e. The Morgan fingerprint density at radius 3 is 2.93 bits per heavy atom. The number of hydrogen-bond acceptors (Lipinski definition) is 4. The van der Waals surface area contributed by atoms with E-state index in [4.69, 9.17) is 12.2 Å². The molecule has 0 aromatic carbocycles. The van der Waals surface area contributed by atoms with Gasteiger partial charge in [-0.15, -0.1) is 11.3 Å². The molecule has 2 aromatic rings. The van der Waals surface area contributed by atoms with Crippen LogP contribution in [-0.2, 0) is 0 Å². The summed E-state index contributed by atoms with van der Waals surface area (Å²) in [7, 11) is 0. The summed E-state index contributed by atoms with van der Waals surface area (Å²) in [6, 6.07) is 2.06. The first kappa shape index (κ1) is 10.3. The third kappa shape index (κ3) is 2.05. The molecule has 0 amide bonds. The average Bonchev–Trinajstić information content (AvgIpc) is 2.73. The molecular weight excluding hydrogens is 228 g/mol. The Balaban J connectivity index is 2.34. The smallest absolute Gasteiger partial charge is 0.216 e. The van der Waals surface area contributed by atoms with E-state index < -0.39 is 0 Å². The molecule has 0 aliphatic rings. The van der Waals surface area contributed by atoms with Crippen LogP contribution in [0.5, 0.6) is 0 Å². The van der Waals surface area contributed by atoms with E-state index in [-0.39, 0.29) is 0 Å². The number of hydrogen-bond donors (Lipinski definition) is 1. The summed E-state index contributed by atoms with van der Waals surface area (Å²) in [5.41, 5.74) is 1.22. The molecule has 15 heavy (non-hydrogen) atoms. The van der Waals surface area contributed by atoms with Crippen molar-refractivity contribution in [1.29, 1.82) is 0 Å². The monoisotopic (exact) mass is 238 g/mol. The Kier molecular flexibility index (Phi) is 2.79. The van der Waals surface area contributed by atoms with Gasteiger partial charge in [0.2, 0.25) is 4.77 Å². The molecule has 2 aromatic heterocycles. The second kappa shape index (κ2) is 4.08. The minimum absolute atomic E-state index is 0.512. The van der Waals surface area contributed by atoms with Gasteiger partial charge in [-0.05, 0) is 43.1 Å². The van der Waals surface area contributed by atoms with Crippen LogP contribution in [0.1, 0.15) is 16.3 Å². The zero-order valence-electron chi connectivity index (χ0n) is 8.39. The van der Waals surface area contributed by atoms with Gasteiger partial charge < -0.3 is 0 Å². The van der Waals surface area contributed by atoms with Gasteiger partial charge in [-0.2, -0.15) is 14.9 Å². The van der Waals surface area contributed by atoms with E-state index >= 15 is 0 Å². The predicted molar refractivity (Wildman–Crippen MR) is 64.2 cm³/mol. The van der Waals surface area contributed by atoms with Gasteiger partial charge in [0.05, 0.1) is 11.1 Å². The van der Waals surface area contributed by atoms with Gasteiger partial charge >= 0.3 is 0 Å². The summed E-state index contributed by atoms with van der Waals surface area (Å²) in [5.74, 6) is 0.755. The van der Waals surface area contributed by atoms with Gasteiger partial charge in [0.15, 0.2) is 0 Å². The van der Waals surface area contributed by atoms with Crippen molar-refractivity contribution in [1.82, 2.24) is 14.9 Å². The molecule has 0 atom stereocenters. The fraction of sp³-hybridized carbons (Fsp3) is 0.222. The van der Waals surface area contributed by atoms with Crippen LogP contribution in [0.4, 0.5) is 0 Å². The molecule has 0 unspecified atom stereocenters. The molecule has 0 saturated heterocycles. The highest BCUT2D eigenvalue weighted by Gasteiger charge is 1.99. The zero-order valence-corrected chi connectivity index (χ0v) is 10.0. The highest BCUT2D eigenvalue weighted by atomic mass is 32.1. The molecule has 0 bridgehead atoms. The fourth-order valence-electron chi connectivity index (χ4n) is 1.13. The fourth-order valence-corrected chi connectivity index (χ4v) is 2.14. The topological polar surface area (TPSA) is 46.0 Å². The van der Waals surface area contributed by atoms with Crippen LogP contribution >= 0.6 is 23.6 Å². The lowest BCUT2D eigenvalue weighted by atomic mass is 10.3. The highest BCUT2D eigenvalue weighted by Crippen LogP contribution is 2.12. The number of aromatic nitrogens is 3. The van der Waals surface area contributed by atoms with Crippen molar-refractivity contribution in [3.8, 4) is 0 Å². The number of aryl methyl sites for hydroxylation is 2. The van der Waals surface area contributed by atoms with E-state index in [1.807, 2.05) is 12.3 Å². The number of nitrogens with zero attached hydrogens (tertiary/aromatic N) is 3. The third-order valence-electron chi connectivity index (χ3n) is 2.00. The van der Waals surface area contributed by atoms with Crippen molar-refractivity contribution in [2.24, 2.45) is 5.10 Å². The SMILES string of the molecule is Cc1ccsc1/C=N/n1c(C)n[nH]c1=S. The van der Waals surface area contributed by atoms with Crippen LogP contribution in [-0.4, -0.2) is 21.1 Å². The maximum absolute atomic E-state index is 5.04. The number of rotatable bonds is 2. The molecule has 0 spiro atoms. The predicted octanol–water partition coefficient (Wildman–Crippen LogP) is 2.50. The Bertz CT molecular complexity index is 546. The first-order valence-electron chi connectivity index (χ1n) is 4.41. The summed E-state index contributed by atoms with van der Waals surface area (Å²) in [6.45, 7) is 3.91. The van der Waals surface area contributed by atoms with E-state index in [1.165, 1.54) is 5.56 Å². The molecule has 4 nitrogen and oxygen atoms in total. The summed E-state index contributed by atoms with van der Waals surface area (Å²) in [5, 5.41) is 13.0. The second-order valence-electron chi connectivity index (χ2n) is 3.10. The van der Waals surface area contributed by atoms with Crippen LogP contribution in [0.15, 0.2) is 16.5 Å². The van der Waals surface area contributed by atoms with Crippen molar-refractivity contribution < 1.29 is 0 Å². The number of thiophene rings is 1. The zero-order chi connectivity index (χ0) is 10.8. The van der Waals surface area contributed by atoms with Crippen molar-refractivity contribution in [2.45, 2.75) is 13.8 Å². The van der Waals surface area contributed by atoms with Crippen molar-refractivity contribution in [2.75, 3.05) is 0 Å². The third-order valence-corrected chi connectivity index (χ3v) is 3.22. The van der Waals surface area contributed by atoms with Gasteiger partial charge in [0.25, 0.3) is 0 Å². The molecular formula is C9H10N4S2. The molecule has 6 heteroatoms. The lowest BCUT2D eigenvalue weighted by Crippen LogP contribution is -1.93. The number of H-pyrrole nitrogens is 1. The molecule has 0 fully saturated rings. The normalized spacial score (nSPS) is 11.3. The van der Waals surface area contributed by atoms with Crippen LogP contribution in [0, 0.1) is 18.6 Å². The molecule has 2 rings (SSSR count). The summed E-state index contributed by atoms with van der Waals surface area (Å²) in [6.07, 6.45) is 1.80. The average molecular weight is 238 g/mol. The molecule has 0 radical (unpaired) electrons. The van der Waals surface area contributed by atoms with E-state index in [1.54, 1.807) is 22.2 Å². The quantitative estimate of drug-likeness (QED) is 0.645. The van der Waals surface area contributed by atoms with E-state index in [0.29, 0.717) is 4.77 Å². The van der Waals surface area contributed by atoms with Crippen LogP contribution in [0.2, 0.25) is 0 Å². The molecule has 2 heterocycles. The molecule has 0 aliphatic heterocycles. The van der Waals surface area contributed by atoms with Crippen LogP contribution in [0.3, 0.4) is 0 Å². The van der Waals surface area contributed by atoms with Gasteiger partial charge in [0, 0.05) is 0 Å². The van der Waals surface area contributed by atoms with E-state index in [0.717, 1.165) is 10.7 Å². The summed E-state index contributed by atoms with van der Waals surface area (Å²) in [4.78, 5) is 1.14. The van der Waals surface area contributed by atoms with Gasteiger partial charge in [-0.3, -0.25) is 5.10 Å². The molecule has 1 N–H and O–H groups in total. The van der Waals surface area contributed by atoms with E-state index in [9.17, 15) is 0 Å². The Hall–Kier alpha value is -1.27. The van der Waals surface area contributed by atoms with Crippen LogP contribution < -0.4 is 0 Å². The maximum atomic E-state index is 5.04. The largest absolute Gasteiger partial charge is 0.250 e. The van der Waals surface area contributed by atoms with Gasteiger partial charge in [-0.25, -0.2) is 0 Å². The molecule has 78 valence electrons. The standard InChI is InChI=1S/C9H10N4S2/c1-6-3-4-15-8(6)5-10-13-7(2)11-12-9(13)14/h3-5H,1-2H3,(H,12,14)/b10-5+. The van der Waals surface area contributed by atoms with Gasteiger partial charge in [-0.1, -0.05) is 0 Å². The van der Waals surface area contributed by atoms with Gasteiger partial charge in [0.1, 0.15) is 5.82 Å². The van der Waals surface area contributed by atoms with Crippen molar-refractivity contribution in [3.63, 3.8) is 0 Å². The first-order chi connectivity index (χ1) is 7.18. The first-order valence-corrected chi connectivity index (χ1v) is 5.70. The van der Waals surface area contributed by atoms with Crippen LogP contribution in [0.25, 0.3) is 0 Å². The van der Waals surface area contributed by atoms with Crippen molar-refractivity contribution in [3.05, 3.63) is 32.5 Å². The Labute approximate surface area is 96.3 Å². The lowest BCUT2D eigenvalue weighted by molar-refractivity contribution is 0.821.